The van der Waals surface area contributed by atoms with E-state index in [2.05, 4.69) is 79.1 Å². The van der Waals surface area contributed by atoms with Crippen molar-refractivity contribution in [2.45, 2.75) is 176 Å². The van der Waals surface area contributed by atoms with Gasteiger partial charge in [0.25, 0.3) is 10.0 Å². The van der Waals surface area contributed by atoms with E-state index in [0.717, 1.165) is 5.56 Å². The molecule has 0 radical (unpaired) electrons. The van der Waals surface area contributed by atoms with Crippen molar-refractivity contribution in [3.8, 4) is 5.75 Å². The van der Waals surface area contributed by atoms with Crippen molar-refractivity contribution in [2.24, 2.45) is 22.9 Å². The molecule has 0 saturated heterocycles. The molecule has 0 heterocycles. The normalized spacial score (nSPS) is 13.3. The van der Waals surface area contributed by atoms with E-state index in [9.17, 15) is 85.4 Å². The molecule has 43 heteroatoms. The van der Waals surface area contributed by atoms with E-state index in [1.807, 2.05) is 0 Å². The largest absolute Gasteiger partial charge is 0.514 e. The summed E-state index contributed by atoms with van der Waals surface area (Å²) in [6.45, 7) is 4.21. The van der Waals surface area contributed by atoms with Crippen molar-refractivity contribution in [2.75, 3.05) is 31.7 Å². The van der Waals surface area contributed by atoms with Crippen LogP contribution in [0.25, 0.3) is 0 Å². The van der Waals surface area contributed by atoms with Crippen LogP contribution in [0.3, 0.4) is 0 Å². The molecule has 14 amide bonds. The molecular weight excluding hydrogens is 1700 g/mol. The number of alkyl carbamates (subject to hydrolysis) is 1. The van der Waals surface area contributed by atoms with Crippen LogP contribution >= 0.6 is 27.7 Å². The topological polar surface area (TPSA) is 637 Å². The van der Waals surface area contributed by atoms with Crippen LogP contribution in [0.4, 0.5) is 9.59 Å². The molecule has 5 aromatic carbocycles. The molecule has 0 saturated carbocycles. The molecule has 40 nitrogen and oxygen atoms in total. The average Bonchev–Trinajstić information content (AvgIpc) is 0.848. The second kappa shape index (κ2) is 50.3. The number of aliphatic carboxylic acids is 1. The van der Waals surface area contributed by atoms with Crippen molar-refractivity contribution in [1.82, 2.24) is 63.2 Å². The Hall–Kier alpha value is -12.8. The summed E-state index contributed by atoms with van der Waals surface area (Å²) in [5.41, 5.74) is 23.7. The number of hydrogen-bond acceptors (Lipinski definition) is 24. The van der Waals surface area contributed by atoms with Crippen LogP contribution in [0, 0.1) is 12.3 Å². The summed E-state index contributed by atoms with van der Waals surface area (Å²) in [5.74, 6) is -16.9. The predicted octanol–water partition coefficient (Wildman–Crippen LogP) is -0.234. The molecule has 0 aromatic heterocycles. The lowest BCUT2D eigenvalue weighted by Crippen LogP contribution is -2.61. The van der Waals surface area contributed by atoms with Crippen molar-refractivity contribution in [1.29, 1.82) is 5.41 Å². The Balaban J connectivity index is 1.46. The number of sulfonamides is 1. The zero-order chi connectivity index (χ0) is 90.2. The Labute approximate surface area is 715 Å². The first-order chi connectivity index (χ1) is 57.7. The third-order valence-electron chi connectivity index (χ3n) is 17.4. The van der Waals surface area contributed by atoms with Gasteiger partial charge in [-0.15, -0.1) is 0 Å². The van der Waals surface area contributed by atoms with Crippen LogP contribution in [0.5, 0.6) is 5.75 Å². The fourth-order valence-corrected chi connectivity index (χ4v) is 13.0. The summed E-state index contributed by atoms with van der Waals surface area (Å²) in [6, 6.07) is 18.7. The van der Waals surface area contributed by atoms with Crippen molar-refractivity contribution >= 4 is 139 Å². The maximum absolute atomic E-state index is 15.0. The number of rotatable bonds is 50. The molecule has 5 aromatic rings. The van der Waals surface area contributed by atoms with Gasteiger partial charge < -0.3 is 105 Å². The van der Waals surface area contributed by atoms with Crippen LogP contribution in [-0.4, -0.2) is 206 Å². The Kier molecular flexibility index (Phi) is 41.2. The number of amides is 14. The number of carboxylic acids is 1. The van der Waals surface area contributed by atoms with Gasteiger partial charge in [-0.2, -0.15) is 11.8 Å². The number of ether oxygens (including phenoxy) is 4. The number of nitrogens with two attached hydrogens (primary N) is 4. The molecular formula is C79H102BrN17O23S2. The number of carboxylic acid groups (broad SMARTS) is 1. The van der Waals surface area contributed by atoms with Crippen LogP contribution in [0.15, 0.2) is 143 Å². The minimum Gasteiger partial charge on any atom is -0.480 e. The first-order valence-electron chi connectivity index (χ1n) is 38.0. The number of hydrogen-bond donors (Lipinski definition) is 18. The molecule has 0 bridgehead atoms. The van der Waals surface area contributed by atoms with Gasteiger partial charge in [0.1, 0.15) is 78.9 Å². The van der Waals surface area contributed by atoms with E-state index < -0.39 is 223 Å². The zero-order valence-corrected chi connectivity index (χ0v) is 70.6. The van der Waals surface area contributed by atoms with Gasteiger partial charge in [0, 0.05) is 42.3 Å². The van der Waals surface area contributed by atoms with Gasteiger partial charge in [0.15, 0.2) is 0 Å². The summed E-state index contributed by atoms with van der Waals surface area (Å²) in [6.07, 6.45) is -6.11. The average molecular weight is 1800 g/mol. The van der Waals surface area contributed by atoms with E-state index in [0.29, 0.717) is 26.7 Å². The van der Waals surface area contributed by atoms with Crippen LogP contribution in [-0.2, 0) is 117 Å². The number of carbonyl (C=O) groups excluding carboxylic acids is 15. The van der Waals surface area contributed by atoms with Gasteiger partial charge in [0.05, 0.1) is 31.0 Å². The van der Waals surface area contributed by atoms with Gasteiger partial charge in [-0.1, -0.05) is 125 Å². The predicted molar refractivity (Wildman–Crippen MR) is 445 cm³/mol. The van der Waals surface area contributed by atoms with Gasteiger partial charge in [0.2, 0.25) is 82.8 Å². The Morgan fingerprint density at radius 3 is 1.43 bits per heavy atom. The molecule has 9 atom stereocenters. The first-order valence-corrected chi connectivity index (χ1v) is 41.6. The Morgan fingerprint density at radius 2 is 0.926 bits per heavy atom. The second-order valence-corrected chi connectivity index (χ2v) is 32.1. The smallest absolute Gasteiger partial charge is 0.480 e. The minimum absolute atomic E-state index is 0.0218. The monoisotopic (exact) mass is 1800 g/mol. The minimum atomic E-state index is -4.29. The van der Waals surface area contributed by atoms with E-state index in [-0.39, 0.29) is 68.3 Å². The summed E-state index contributed by atoms with van der Waals surface area (Å²) in [5, 5.41) is 44.2. The standard InChI is InChI=1S/C79H102BrN17O23S2/c1-45-22-28-51(29-23-45)122(115,116)97-76(85)86-35-14-21-53(88-72(109)58(96-77(113)120-79(2,3)4)38-47-24-26-50(27-25-47)119-78(114)118-43-49-19-12-13-20-52(49)80)68(105)90-55(31-33-63(82)99)69(106)95-61(44-117-42-48-17-10-7-11-18-48)75(112)91-56(34-36-121-5)70(107)93-59(39-64(83)100)74(111)94-60(40-65(84)101)73(110)92-57(37-46-15-8-6-9-16-46)71(108)89-54(30-32-62(81)98)67(104)87-41-66(102)103/h6-13,15-20,22-29,53-61H,14,21,30-44H2,1-5H3,(H2,81,98)(H2,82,99)(H2,83,100)(H2,84,101)(H,87,104)(H,88,109)(H,89,108)(H,90,105)(H,91,112)(H,92,110)(H,93,107)(H,94,111)(H,95,106)(H,96,113)(H,102,103)(H3,85,86,97)/t53-,54-,55-,56-,57-,58-,59-,60-,61-/m0/s1. The molecule has 0 aliphatic carbocycles. The molecule has 0 aliphatic rings. The number of benzene rings is 5. The van der Waals surface area contributed by atoms with Crippen LogP contribution in [0.2, 0.25) is 0 Å². The second-order valence-electron chi connectivity index (χ2n) is 28.6. The maximum atomic E-state index is 15.0. The third-order valence-corrected chi connectivity index (χ3v) is 20.1. The van der Waals surface area contributed by atoms with Gasteiger partial charge in [-0.05, 0) is 119 Å². The molecule has 5 rings (SSSR count). The molecule has 0 aliphatic heterocycles. The number of thioether (sulfide) groups is 1. The van der Waals surface area contributed by atoms with Gasteiger partial charge in [-0.25, -0.2) is 22.7 Å². The SMILES string of the molecule is CSCC[C@H](NC(=O)[C@H](COCc1ccccc1)NC(=O)[C@H](CCC(N)=O)NC(=O)[C@H](CCCNC(=N)NS(=O)(=O)c1ccc(C)cc1)NC(=O)[C@H](Cc1ccc(OC(=O)OCc2ccccc2Br)cc1)NC(=O)OC(C)(C)C)C(=O)N[C@@H](CC(N)=O)C(=O)N[C@@H](CC(N)=O)C(=O)N[C@@H](Cc1ccccc1)C(=O)N[C@@H](CCC(N)=O)C(=O)NCC(=O)O. The lowest BCUT2D eigenvalue weighted by molar-refractivity contribution is -0.139. The summed E-state index contributed by atoms with van der Waals surface area (Å²) < 4.78 is 51.3. The van der Waals surface area contributed by atoms with E-state index >= 15 is 4.79 Å². The zero-order valence-electron chi connectivity index (χ0n) is 67.4. The van der Waals surface area contributed by atoms with E-state index in [4.69, 9.17) is 47.3 Å². The highest BCUT2D eigenvalue weighted by molar-refractivity contribution is 9.10. The molecule has 122 heavy (non-hydrogen) atoms. The highest BCUT2D eigenvalue weighted by atomic mass is 79.9. The quantitative estimate of drug-likeness (QED) is 0.00786. The number of halogens is 1. The lowest BCUT2D eigenvalue weighted by Gasteiger charge is -2.28. The highest BCUT2D eigenvalue weighted by Gasteiger charge is 2.38. The number of nitrogens with one attached hydrogen (secondary N) is 13. The summed E-state index contributed by atoms with van der Waals surface area (Å²) >= 11 is 4.57. The number of guanidine groups is 1. The third kappa shape index (κ3) is 37.7. The molecule has 660 valence electrons. The maximum Gasteiger partial charge on any atom is 0.514 e. The Bertz CT molecular complexity index is 4610. The highest BCUT2D eigenvalue weighted by Crippen LogP contribution is 2.21. The molecule has 22 N–H and O–H groups in total. The summed E-state index contributed by atoms with van der Waals surface area (Å²) in [4.78, 5) is 217. The van der Waals surface area contributed by atoms with Crippen LogP contribution in [0.1, 0.15) is 106 Å². The van der Waals surface area contributed by atoms with E-state index in [1.165, 1.54) is 48.2 Å². The van der Waals surface area contributed by atoms with E-state index in [1.54, 1.807) is 131 Å². The first kappa shape index (κ1) is 99.8. The fourth-order valence-electron chi connectivity index (χ4n) is 11.2. The Morgan fingerprint density at radius 1 is 0.492 bits per heavy atom. The van der Waals surface area contributed by atoms with Gasteiger partial charge in [-0.3, -0.25) is 72.5 Å². The fraction of sp³-hybridized carbons (Fsp3) is 0.405. The van der Waals surface area contributed by atoms with Crippen molar-refractivity contribution in [3.63, 3.8) is 0 Å². The van der Waals surface area contributed by atoms with Crippen molar-refractivity contribution in [3.05, 3.63) is 166 Å². The molecule has 0 spiro atoms. The number of carbonyl (C=O) groups is 16. The molecule has 0 fully saturated rings. The number of aryl methyl sites for hydroxylation is 1. The van der Waals surface area contributed by atoms with Gasteiger partial charge >= 0.3 is 18.2 Å². The number of primary amides is 4. The van der Waals surface area contributed by atoms with Crippen LogP contribution < -0.4 is 90.9 Å². The van der Waals surface area contributed by atoms with Crippen molar-refractivity contribution < 1.29 is 109 Å². The lowest BCUT2D eigenvalue weighted by atomic mass is 10.0. The summed E-state index contributed by atoms with van der Waals surface area (Å²) in [7, 11) is -4.29. The molecule has 0 unspecified atom stereocenters.